The van der Waals surface area contributed by atoms with Gasteiger partial charge >= 0.3 is 0 Å². The number of anilines is 1. The Morgan fingerprint density at radius 3 is 2.83 bits per heavy atom. The van der Waals surface area contributed by atoms with Crippen molar-refractivity contribution in [3.05, 3.63) is 51.1 Å². The predicted octanol–water partition coefficient (Wildman–Crippen LogP) is 4.37. The van der Waals surface area contributed by atoms with Crippen LogP contribution in [0.3, 0.4) is 0 Å². The van der Waals surface area contributed by atoms with E-state index in [9.17, 15) is 4.79 Å². The third-order valence-corrected chi connectivity index (χ3v) is 8.39. The van der Waals surface area contributed by atoms with Gasteiger partial charge in [0.05, 0.1) is 38.7 Å². The lowest BCUT2D eigenvalue weighted by molar-refractivity contribution is 0.104. The van der Waals surface area contributed by atoms with Gasteiger partial charge in [-0.2, -0.15) is 10.4 Å². The number of aryl methyl sites for hydroxylation is 2. The molecular formula is C26H30FN7OS. The van der Waals surface area contributed by atoms with Crippen LogP contribution in [0.15, 0.2) is 29.2 Å². The van der Waals surface area contributed by atoms with Crippen molar-refractivity contribution in [1.82, 2.24) is 24.2 Å². The second-order valence-corrected chi connectivity index (χ2v) is 10.8. The molecule has 0 bridgehead atoms. The van der Waals surface area contributed by atoms with E-state index < -0.39 is 0 Å². The summed E-state index contributed by atoms with van der Waals surface area (Å²) in [5.74, 6) is -0.174. The van der Waals surface area contributed by atoms with Crippen molar-refractivity contribution in [2.75, 3.05) is 18.0 Å². The van der Waals surface area contributed by atoms with Crippen molar-refractivity contribution in [1.29, 1.82) is 5.26 Å². The lowest BCUT2D eigenvalue weighted by Gasteiger charge is -2.48. The summed E-state index contributed by atoms with van der Waals surface area (Å²) in [5, 5.41) is 14.6. The summed E-state index contributed by atoms with van der Waals surface area (Å²) in [5.41, 5.74) is 3.50. The lowest BCUT2D eigenvalue weighted by Crippen LogP contribution is -2.58. The number of hydrogen-bond acceptors (Lipinski definition) is 7. The van der Waals surface area contributed by atoms with Crippen LogP contribution in [-0.4, -0.2) is 49.4 Å². The lowest BCUT2D eigenvalue weighted by atomic mass is 9.97. The number of piperazine rings is 1. The van der Waals surface area contributed by atoms with Gasteiger partial charge in [0.2, 0.25) is 0 Å². The van der Waals surface area contributed by atoms with Gasteiger partial charge in [0.25, 0.3) is 5.56 Å². The highest BCUT2D eigenvalue weighted by atomic mass is 32.1. The van der Waals surface area contributed by atoms with Gasteiger partial charge < -0.3 is 9.47 Å². The topological polar surface area (TPSA) is 83.0 Å². The Hall–Kier alpha value is -3.29. The SMILES string of the molecule is CC[C@@H]1CN(c2cc(=O)n(C)c3cn(CC#N)nc23)[C@@H](C)CN1[C@@H](C)c1ccc2nc(C)sc2c1F. The highest BCUT2D eigenvalue weighted by Crippen LogP contribution is 2.36. The number of benzene rings is 1. The fraction of sp³-hybridized carbons (Fsp3) is 0.462. The fourth-order valence-electron chi connectivity index (χ4n) is 5.44. The molecule has 0 spiro atoms. The molecule has 36 heavy (non-hydrogen) atoms. The van der Waals surface area contributed by atoms with Gasteiger partial charge in [0.15, 0.2) is 0 Å². The number of nitrogens with zero attached hydrogens (tertiary/aromatic N) is 7. The van der Waals surface area contributed by atoms with Crippen molar-refractivity contribution >= 4 is 38.3 Å². The Balaban J connectivity index is 1.50. The number of halogens is 1. The number of rotatable bonds is 5. The molecule has 8 nitrogen and oxygen atoms in total. The molecule has 1 aliphatic heterocycles. The number of pyridine rings is 1. The molecule has 1 saturated heterocycles. The molecule has 0 radical (unpaired) electrons. The first-order valence-corrected chi connectivity index (χ1v) is 13.1. The highest BCUT2D eigenvalue weighted by molar-refractivity contribution is 7.18. The van der Waals surface area contributed by atoms with Gasteiger partial charge in [-0.3, -0.25) is 14.4 Å². The van der Waals surface area contributed by atoms with Crippen molar-refractivity contribution < 1.29 is 4.39 Å². The molecule has 1 fully saturated rings. The Morgan fingerprint density at radius 2 is 2.11 bits per heavy atom. The fourth-order valence-corrected chi connectivity index (χ4v) is 6.30. The first kappa shape index (κ1) is 24.4. The van der Waals surface area contributed by atoms with Crippen LogP contribution >= 0.6 is 11.3 Å². The average Bonchev–Trinajstić information content (AvgIpc) is 3.45. The van der Waals surface area contributed by atoms with Gasteiger partial charge in [0, 0.05) is 49.9 Å². The molecule has 1 aromatic carbocycles. The van der Waals surface area contributed by atoms with Crippen LogP contribution < -0.4 is 10.5 Å². The van der Waals surface area contributed by atoms with Gasteiger partial charge in [-0.1, -0.05) is 13.0 Å². The number of fused-ring (bicyclic) bond motifs is 2. The molecule has 4 heterocycles. The standard InChI is InChI=1S/C26H30FN7OS/c1-6-18-13-33(21-11-23(35)31(5)22-14-32(10-9-28)30-25(21)22)15(2)12-34(18)16(3)19-7-8-20-26(24(19)27)36-17(4)29-20/h7-8,11,14-16,18H,6,10,12-13H2,1-5H3/t15-,16-,18+/m0/s1. The molecular weight excluding hydrogens is 477 g/mol. The molecule has 0 N–H and O–H groups in total. The summed E-state index contributed by atoms with van der Waals surface area (Å²) < 4.78 is 19.3. The molecule has 0 amide bonds. The molecule has 0 aliphatic carbocycles. The van der Waals surface area contributed by atoms with E-state index in [2.05, 4.69) is 46.7 Å². The van der Waals surface area contributed by atoms with Gasteiger partial charge in [-0.05, 0) is 33.3 Å². The summed E-state index contributed by atoms with van der Waals surface area (Å²) in [7, 11) is 1.72. The van der Waals surface area contributed by atoms with E-state index >= 15 is 4.39 Å². The van der Waals surface area contributed by atoms with Gasteiger partial charge in [-0.25, -0.2) is 9.37 Å². The van der Waals surface area contributed by atoms with E-state index in [1.54, 1.807) is 28.6 Å². The van der Waals surface area contributed by atoms with Crippen LogP contribution in [0.1, 0.15) is 43.8 Å². The van der Waals surface area contributed by atoms with Crippen molar-refractivity contribution in [3.63, 3.8) is 0 Å². The Labute approximate surface area is 213 Å². The summed E-state index contributed by atoms with van der Waals surface area (Å²) in [4.78, 5) is 21.9. The zero-order valence-corrected chi connectivity index (χ0v) is 22.0. The largest absolute Gasteiger partial charge is 0.364 e. The number of hydrogen-bond donors (Lipinski definition) is 0. The van der Waals surface area contributed by atoms with E-state index in [1.807, 2.05) is 19.1 Å². The number of thiazole rings is 1. The van der Waals surface area contributed by atoms with Crippen LogP contribution in [0.4, 0.5) is 10.1 Å². The van der Waals surface area contributed by atoms with E-state index in [4.69, 9.17) is 5.26 Å². The molecule has 5 rings (SSSR count). The van der Waals surface area contributed by atoms with E-state index in [1.165, 1.54) is 11.3 Å². The summed E-state index contributed by atoms with van der Waals surface area (Å²) in [6, 6.07) is 7.68. The van der Waals surface area contributed by atoms with Crippen LogP contribution in [0.5, 0.6) is 0 Å². The zero-order chi connectivity index (χ0) is 25.7. The van der Waals surface area contributed by atoms with Crippen LogP contribution in [-0.2, 0) is 13.6 Å². The minimum absolute atomic E-state index is 0.0733. The molecule has 3 atom stereocenters. The molecule has 4 aromatic rings. The average molecular weight is 508 g/mol. The van der Waals surface area contributed by atoms with Crippen LogP contribution in [0.2, 0.25) is 0 Å². The molecule has 3 aromatic heterocycles. The normalized spacial score (nSPS) is 19.8. The van der Waals surface area contributed by atoms with Crippen LogP contribution in [0.25, 0.3) is 21.3 Å². The molecule has 10 heteroatoms. The van der Waals surface area contributed by atoms with Crippen molar-refractivity contribution in [3.8, 4) is 6.07 Å². The molecule has 0 unspecified atom stereocenters. The van der Waals surface area contributed by atoms with Gasteiger partial charge in [-0.15, -0.1) is 11.3 Å². The van der Waals surface area contributed by atoms with E-state index in [0.29, 0.717) is 39.9 Å². The third-order valence-electron chi connectivity index (χ3n) is 7.42. The van der Waals surface area contributed by atoms with E-state index in [-0.39, 0.29) is 36.0 Å². The van der Waals surface area contributed by atoms with Crippen molar-refractivity contribution in [2.24, 2.45) is 7.05 Å². The number of aromatic nitrogens is 4. The third kappa shape index (κ3) is 3.96. The maximum Gasteiger partial charge on any atom is 0.252 e. The van der Waals surface area contributed by atoms with Crippen LogP contribution in [0, 0.1) is 24.1 Å². The first-order chi connectivity index (χ1) is 17.2. The molecule has 0 saturated carbocycles. The second kappa shape index (κ2) is 9.30. The van der Waals surface area contributed by atoms with Crippen molar-refractivity contribution in [2.45, 2.75) is 58.8 Å². The molecule has 188 valence electrons. The maximum atomic E-state index is 15.5. The van der Waals surface area contributed by atoms with Gasteiger partial charge in [0.1, 0.15) is 17.9 Å². The first-order valence-electron chi connectivity index (χ1n) is 12.3. The highest BCUT2D eigenvalue weighted by Gasteiger charge is 2.36. The quantitative estimate of drug-likeness (QED) is 0.399. The maximum absolute atomic E-state index is 15.5. The Morgan fingerprint density at radius 1 is 1.33 bits per heavy atom. The second-order valence-electron chi connectivity index (χ2n) is 9.63. The molecule has 1 aliphatic rings. The summed E-state index contributed by atoms with van der Waals surface area (Å²) in [6.07, 6.45) is 2.64. The summed E-state index contributed by atoms with van der Waals surface area (Å²) >= 11 is 1.40. The smallest absolute Gasteiger partial charge is 0.252 e. The Bertz CT molecular complexity index is 1550. The Kier molecular flexibility index (Phi) is 6.30. The zero-order valence-electron chi connectivity index (χ0n) is 21.2. The number of nitriles is 1. The predicted molar refractivity (Wildman–Crippen MR) is 141 cm³/mol. The summed E-state index contributed by atoms with van der Waals surface area (Å²) in [6.45, 7) is 9.78. The van der Waals surface area contributed by atoms with E-state index in [0.717, 1.165) is 17.1 Å². The minimum atomic E-state index is -0.174. The monoisotopic (exact) mass is 507 g/mol. The minimum Gasteiger partial charge on any atom is -0.364 e.